The van der Waals surface area contributed by atoms with Crippen LogP contribution in [0.15, 0.2) is 18.2 Å². The molecule has 1 amide bonds. The molecule has 0 aliphatic carbocycles. The van der Waals surface area contributed by atoms with Crippen molar-refractivity contribution in [2.45, 2.75) is 6.42 Å². The first kappa shape index (κ1) is 12.9. The molecule has 0 saturated carbocycles. The van der Waals surface area contributed by atoms with Gasteiger partial charge in [-0.25, -0.2) is 13.6 Å². The fourth-order valence-electron chi connectivity index (χ4n) is 0.956. The van der Waals surface area contributed by atoms with Gasteiger partial charge < -0.3 is 4.74 Å². The molecule has 0 heterocycles. The van der Waals surface area contributed by atoms with E-state index in [1.165, 1.54) is 0 Å². The number of alkyl halides is 1. The summed E-state index contributed by atoms with van der Waals surface area (Å²) in [4.78, 5) is 11.1. The predicted octanol–water partition coefficient (Wildman–Crippen LogP) is 3.30. The van der Waals surface area contributed by atoms with E-state index in [0.717, 1.165) is 12.1 Å². The van der Waals surface area contributed by atoms with Gasteiger partial charge in [0.25, 0.3) is 0 Å². The van der Waals surface area contributed by atoms with E-state index >= 15 is 0 Å². The van der Waals surface area contributed by atoms with Gasteiger partial charge in [-0.3, -0.25) is 5.32 Å². The van der Waals surface area contributed by atoms with Crippen LogP contribution in [0.2, 0.25) is 0 Å². The number of carbonyl (C=O) groups is 1. The molecule has 3 nitrogen and oxygen atoms in total. The van der Waals surface area contributed by atoms with E-state index in [0.29, 0.717) is 17.8 Å². The van der Waals surface area contributed by atoms with E-state index in [2.05, 4.69) is 21.2 Å². The van der Waals surface area contributed by atoms with Crippen LogP contribution in [0, 0.1) is 11.6 Å². The lowest BCUT2D eigenvalue weighted by atomic mass is 10.3. The van der Waals surface area contributed by atoms with Gasteiger partial charge in [-0.1, -0.05) is 15.9 Å². The molecule has 0 saturated heterocycles. The van der Waals surface area contributed by atoms with Crippen molar-refractivity contribution in [2.75, 3.05) is 17.3 Å². The van der Waals surface area contributed by atoms with E-state index in [-0.39, 0.29) is 12.3 Å². The van der Waals surface area contributed by atoms with E-state index in [9.17, 15) is 13.6 Å². The highest BCUT2D eigenvalue weighted by Crippen LogP contribution is 2.14. The Balaban J connectivity index is 2.49. The molecular formula is C10H10BrF2NO2. The standard InChI is InChI=1S/C10H10BrF2NO2/c11-4-1-5-16-10(15)14-9-3-2-7(12)6-8(9)13/h2-3,6H,1,4-5H2,(H,14,15). The Labute approximate surface area is 99.9 Å². The van der Waals surface area contributed by atoms with Crippen LogP contribution in [-0.4, -0.2) is 18.0 Å². The molecule has 0 atom stereocenters. The number of amides is 1. The molecule has 0 aromatic heterocycles. The maximum Gasteiger partial charge on any atom is 0.411 e. The monoisotopic (exact) mass is 293 g/mol. The number of anilines is 1. The summed E-state index contributed by atoms with van der Waals surface area (Å²) in [6.07, 6.45) is -0.0919. The fraction of sp³-hybridized carbons (Fsp3) is 0.300. The lowest BCUT2D eigenvalue weighted by Crippen LogP contribution is -2.15. The number of hydrogen-bond donors (Lipinski definition) is 1. The van der Waals surface area contributed by atoms with Gasteiger partial charge in [0.05, 0.1) is 12.3 Å². The van der Waals surface area contributed by atoms with Gasteiger partial charge in [-0.05, 0) is 18.6 Å². The molecule has 6 heteroatoms. The number of halogens is 3. The van der Waals surface area contributed by atoms with Crippen molar-refractivity contribution in [2.24, 2.45) is 0 Å². The second kappa shape index (κ2) is 6.42. The van der Waals surface area contributed by atoms with Crippen molar-refractivity contribution in [1.82, 2.24) is 0 Å². The topological polar surface area (TPSA) is 38.3 Å². The van der Waals surface area contributed by atoms with Crippen LogP contribution in [0.3, 0.4) is 0 Å². The number of rotatable bonds is 4. The summed E-state index contributed by atoms with van der Waals surface area (Å²) in [5, 5.41) is 2.89. The summed E-state index contributed by atoms with van der Waals surface area (Å²) in [5.41, 5.74) is -0.106. The Hall–Kier alpha value is -1.17. The highest BCUT2D eigenvalue weighted by molar-refractivity contribution is 9.09. The molecule has 16 heavy (non-hydrogen) atoms. The molecule has 1 rings (SSSR count). The maximum absolute atomic E-state index is 13.1. The average molecular weight is 294 g/mol. The van der Waals surface area contributed by atoms with Crippen LogP contribution in [0.1, 0.15) is 6.42 Å². The van der Waals surface area contributed by atoms with E-state index in [1.807, 2.05) is 0 Å². The molecule has 0 aliphatic rings. The Bertz CT molecular complexity index is 374. The van der Waals surface area contributed by atoms with Crippen molar-refractivity contribution in [3.63, 3.8) is 0 Å². The van der Waals surface area contributed by atoms with Crippen LogP contribution in [0.4, 0.5) is 19.3 Å². The summed E-state index contributed by atoms with van der Waals surface area (Å²) in [6, 6.07) is 2.88. The molecule has 1 aromatic rings. The van der Waals surface area contributed by atoms with E-state index < -0.39 is 17.7 Å². The normalized spacial score (nSPS) is 9.94. The maximum atomic E-state index is 13.1. The van der Waals surface area contributed by atoms with Crippen molar-refractivity contribution in [1.29, 1.82) is 0 Å². The van der Waals surface area contributed by atoms with Crippen molar-refractivity contribution < 1.29 is 18.3 Å². The first-order valence-corrected chi connectivity index (χ1v) is 5.70. The summed E-state index contributed by atoms with van der Waals surface area (Å²) < 4.78 is 30.4. The van der Waals surface area contributed by atoms with Crippen molar-refractivity contribution in [3.05, 3.63) is 29.8 Å². The van der Waals surface area contributed by atoms with Crippen molar-refractivity contribution >= 4 is 27.7 Å². The zero-order valence-electron chi connectivity index (χ0n) is 8.30. The third-order valence-corrected chi connectivity index (χ3v) is 2.24. The highest BCUT2D eigenvalue weighted by Gasteiger charge is 2.08. The molecule has 0 fully saturated rings. The van der Waals surface area contributed by atoms with Gasteiger partial charge in [-0.15, -0.1) is 0 Å². The number of carbonyl (C=O) groups excluding carboxylic acids is 1. The summed E-state index contributed by atoms with van der Waals surface area (Å²) in [6.45, 7) is 0.236. The first-order chi connectivity index (χ1) is 7.63. The van der Waals surface area contributed by atoms with Crippen molar-refractivity contribution in [3.8, 4) is 0 Å². The smallest absolute Gasteiger partial charge is 0.411 e. The first-order valence-electron chi connectivity index (χ1n) is 4.58. The van der Waals surface area contributed by atoms with Gasteiger partial charge >= 0.3 is 6.09 Å². The van der Waals surface area contributed by atoms with Gasteiger partial charge in [0, 0.05) is 11.4 Å². The molecule has 88 valence electrons. The van der Waals surface area contributed by atoms with E-state index in [4.69, 9.17) is 4.74 Å². The minimum atomic E-state index is -0.836. The molecule has 1 N–H and O–H groups in total. The zero-order valence-corrected chi connectivity index (χ0v) is 9.89. The minimum absolute atomic E-state index is 0.106. The quantitative estimate of drug-likeness (QED) is 0.683. The molecule has 0 unspecified atom stereocenters. The molecular weight excluding hydrogens is 284 g/mol. The Morgan fingerprint density at radius 3 is 2.81 bits per heavy atom. The number of hydrogen-bond acceptors (Lipinski definition) is 2. The van der Waals surface area contributed by atoms with Crippen LogP contribution in [-0.2, 0) is 4.74 Å². The van der Waals surface area contributed by atoms with Crippen LogP contribution in [0.25, 0.3) is 0 Å². The van der Waals surface area contributed by atoms with Gasteiger partial charge in [0.1, 0.15) is 11.6 Å². The lowest BCUT2D eigenvalue weighted by Gasteiger charge is -2.06. The molecule has 0 bridgehead atoms. The third-order valence-electron chi connectivity index (χ3n) is 1.68. The largest absolute Gasteiger partial charge is 0.449 e. The summed E-state index contributed by atoms with van der Waals surface area (Å²) in [5.74, 6) is -1.53. The Morgan fingerprint density at radius 1 is 1.44 bits per heavy atom. The zero-order chi connectivity index (χ0) is 12.0. The molecule has 0 spiro atoms. The SMILES string of the molecule is O=C(Nc1ccc(F)cc1F)OCCCBr. The highest BCUT2D eigenvalue weighted by atomic mass is 79.9. The molecule has 1 aromatic carbocycles. The number of benzene rings is 1. The van der Waals surface area contributed by atoms with Gasteiger partial charge in [0.15, 0.2) is 0 Å². The van der Waals surface area contributed by atoms with Crippen LogP contribution in [0.5, 0.6) is 0 Å². The molecule has 0 aliphatic heterocycles. The van der Waals surface area contributed by atoms with Crippen LogP contribution >= 0.6 is 15.9 Å². The van der Waals surface area contributed by atoms with Crippen LogP contribution < -0.4 is 5.32 Å². The molecule has 0 radical (unpaired) electrons. The summed E-state index contributed by atoms with van der Waals surface area (Å²) >= 11 is 3.17. The number of ether oxygens (including phenoxy) is 1. The second-order valence-electron chi connectivity index (χ2n) is 2.93. The Kier molecular flexibility index (Phi) is 5.18. The van der Waals surface area contributed by atoms with E-state index in [1.54, 1.807) is 0 Å². The predicted molar refractivity (Wildman–Crippen MR) is 59.7 cm³/mol. The lowest BCUT2D eigenvalue weighted by molar-refractivity contribution is 0.162. The fourth-order valence-corrected chi connectivity index (χ4v) is 1.19. The summed E-state index contributed by atoms with van der Waals surface area (Å²) in [7, 11) is 0. The number of nitrogens with one attached hydrogen (secondary N) is 1. The Morgan fingerprint density at radius 2 is 2.19 bits per heavy atom. The van der Waals surface area contributed by atoms with Gasteiger partial charge in [0.2, 0.25) is 0 Å². The third kappa shape index (κ3) is 4.14. The average Bonchev–Trinajstić information content (AvgIpc) is 2.23. The van der Waals surface area contributed by atoms with Gasteiger partial charge in [-0.2, -0.15) is 0 Å². The minimum Gasteiger partial charge on any atom is -0.449 e. The second-order valence-corrected chi connectivity index (χ2v) is 3.72.